The minimum atomic E-state index is 1.23. The van der Waals surface area contributed by atoms with Crippen molar-refractivity contribution in [3.05, 3.63) is 170 Å². The van der Waals surface area contributed by atoms with Gasteiger partial charge in [0.15, 0.2) is 0 Å². The van der Waals surface area contributed by atoms with Crippen LogP contribution in [0.15, 0.2) is 170 Å². The van der Waals surface area contributed by atoms with Gasteiger partial charge in [-0.3, -0.25) is 0 Å². The number of benzene rings is 9. The van der Waals surface area contributed by atoms with Crippen molar-refractivity contribution < 1.29 is 0 Å². The molecule has 0 aromatic heterocycles. The van der Waals surface area contributed by atoms with Crippen LogP contribution in [0.2, 0.25) is 0 Å². The Morgan fingerprint density at radius 3 is 1.27 bits per heavy atom. The van der Waals surface area contributed by atoms with Crippen LogP contribution in [0.25, 0.3) is 98.7 Å². The van der Waals surface area contributed by atoms with Gasteiger partial charge in [0.1, 0.15) is 0 Å². The first-order chi connectivity index (χ1) is 24.3. The molecule has 0 saturated heterocycles. The molecule has 232 valence electrons. The summed E-state index contributed by atoms with van der Waals surface area (Å²) >= 11 is 0. The van der Waals surface area contributed by atoms with Gasteiger partial charge in [0, 0.05) is 0 Å². The molecule has 0 heterocycles. The van der Waals surface area contributed by atoms with E-state index < -0.39 is 0 Å². The van der Waals surface area contributed by atoms with Gasteiger partial charge in [0.2, 0.25) is 0 Å². The molecule has 0 atom stereocenters. The SMILES string of the molecule is CCC.c1ccc(-c2cccc(-c3c4c(c(-c5ccccc5)c5ccccc35)-c3cc5ccccc5c5c3c-4cc3ccccc35)c2)cc1. The highest BCUT2D eigenvalue weighted by molar-refractivity contribution is 6.35. The fraction of sp³-hybridized carbons (Fsp3) is 0.0612. The predicted molar refractivity (Wildman–Crippen MR) is 213 cm³/mol. The smallest absolute Gasteiger partial charge is 0.000718 e. The second kappa shape index (κ2) is 11.9. The lowest BCUT2D eigenvalue weighted by atomic mass is 9.82. The maximum Gasteiger partial charge on any atom is -0.000718 e. The summed E-state index contributed by atoms with van der Waals surface area (Å²) in [7, 11) is 0. The average molecular weight is 625 g/mol. The average Bonchev–Trinajstić information content (AvgIpc) is 3.47. The molecule has 0 unspecified atom stereocenters. The molecule has 0 amide bonds. The second-order valence-electron chi connectivity index (χ2n) is 13.1. The van der Waals surface area contributed by atoms with Gasteiger partial charge >= 0.3 is 0 Å². The highest BCUT2D eigenvalue weighted by atomic mass is 14.3. The van der Waals surface area contributed by atoms with Crippen LogP contribution in [0, 0.1) is 0 Å². The summed E-state index contributed by atoms with van der Waals surface area (Å²) in [5, 5.41) is 10.5. The maximum atomic E-state index is 2.45. The van der Waals surface area contributed by atoms with Crippen LogP contribution in [-0.2, 0) is 0 Å². The molecule has 0 spiro atoms. The Bertz CT molecular complexity index is 2660. The Balaban J connectivity index is 0.00000105. The monoisotopic (exact) mass is 624 g/mol. The third-order valence-corrected chi connectivity index (χ3v) is 9.92. The van der Waals surface area contributed by atoms with Crippen LogP contribution in [0.1, 0.15) is 20.3 Å². The molecule has 10 rings (SSSR count). The van der Waals surface area contributed by atoms with Gasteiger partial charge in [-0.2, -0.15) is 0 Å². The lowest BCUT2D eigenvalue weighted by molar-refractivity contribution is 1.09. The summed E-state index contributed by atoms with van der Waals surface area (Å²) in [6.07, 6.45) is 1.25. The van der Waals surface area contributed by atoms with E-state index in [0.717, 1.165) is 0 Å². The zero-order valence-electron chi connectivity index (χ0n) is 27.9. The van der Waals surface area contributed by atoms with E-state index in [0.29, 0.717) is 0 Å². The quantitative estimate of drug-likeness (QED) is 0.172. The standard InChI is InChI=1S/C46H28.C3H8/c1-3-14-29(15-4-1)31-20-13-21-34(26-31)42-38-25-12-11-24-37(38)41(30-16-5-2-6-17-30)45-39-27-32-18-7-9-22-35(32)43-36-23-10-8-19-33(36)28-40(44(39)43)46(42)45;1-3-2/h1-28H;3H2,1-2H3. The van der Waals surface area contributed by atoms with Gasteiger partial charge < -0.3 is 0 Å². The number of hydrogen-bond donors (Lipinski definition) is 0. The molecule has 0 nitrogen and oxygen atoms in total. The topological polar surface area (TPSA) is 0 Å². The van der Waals surface area contributed by atoms with Crippen molar-refractivity contribution in [3.63, 3.8) is 0 Å². The van der Waals surface area contributed by atoms with Gasteiger partial charge in [-0.25, -0.2) is 0 Å². The van der Waals surface area contributed by atoms with E-state index in [2.05, 4.69) is 184 Å². The predicted octanol–water partition coefficient (Wildman–Crippen LogP) is 14.4. The van der Waals surface area contributed by atoms with Crippen LogP contribution in [0.5, 0.6) is 0 Å². The van der Waals surface area contributed by atoms with E-state index >= 15 is 0 Å². The number of hydrogen-bond acceptors (Lipinski definition) is 0. The summed E-state index contributed by atoms with van der Waals surface area (Å²) in [5.74, 6) is 0. The second-order valence-corrected chi connectivity index (χ2v) is 13.1. The molecule has 9 aromatic rings. The molecular weight excluding hydrogens is 589 g/mol. The van der Waals surface area contributed by atoms with Crippen molar-refractivity contribution in [1.82, 2.24) is 0 Å². The van der Waals surface area contributed by atoms with Crippen LogP contribution >= 0.6 is 0 Å². The van der Waals surface area contributed by atoms with Gasteiger partial charge in [-0.05, 0) is 117 Å². The van der Waals surface area contributed by atoms with E-state index in [-0.39, 0.29) is 0 Å². The van der Waals surface area contributed by atoms with E-state index in [1.165, 1.54) is 105 Å². The number of rotatable bonds is 3. The number of fused-ring (bicyclic) bond motifs is 8. The largest absolute Gasteiger partial charge is 0.0656 e. The third kappa shape index (κ3) is 4.60. The van der Waals surface area contributed by atoms with Crippen LogP contribution in [0.4, 0.5) is 0 Å². The van der Waals surface area contributed by atoms with E-state index in [9.17, 15) is 0 Å². The van der Waals surface area contributed by atoms with Gasteiger partial charge in [-0.15, -0.1) is 0 Å². The molecule has 0 N–H and O–H groups in total. The maximum absolute atomic E-state index is 2.45. The minimum Gasteiger partial charge on any atom is -0.0656 e. The molecule has 0 radical (unpaired) electrons. The Kier molecular flexibility index (Phi) is 7.10. The molecule has 0 aliphatic heterocycles. The van der Waals surface area contributed by atoms with Crippen LogP contribution < -0.4 is 0 Å². The van der Waals surface area contributed by atoms with Crippen molar-refractivity contribution >= 4 is 43.1 Å². The zero-order valence-corrected chi connectivity index (χ0v) is 27.9. The Morgan fingerprint density at radius 1 is 0.306 bits per heavy atom. The highest BCUT2D eigenvalue weighted by Crippen LogP contribution is 2.59. The fourth-order valence-electron chi connectivity index (χ4n) is 8.05. The summed E-state index contributed by atoms with van der Waals surface area (Å²) in [5.41, 5.74) is 12.9. The summed E-state index contributed by atoms with van der Waals surface area (Å²) in [6.45, 7) is 4.25. The van der Waals surface area contributed by atoms with Crippen molar-refractivity contribution in [2.75, 3.05) is 0 Å². The lowest BCUT2D eigenvalue weighted by Gasteiger charge is -2.21. The van der Waals surface area contributed by atoms with Crippen molar-refractivity contribution in [2.24, 2.45) is 0 Å². The molecule has 0 fully saturated rings. The molecule has 49 heavy (non-hydrogen) atoms. The molecule has 0 bridgehead atoms. The van der Waals surface area contributed by atoms with E-state index in [4.69, 9.17) is 0 Å². The molecule has 0 heteroatoms. The van der Waals surface area contributed by atoms with E-state index in [1.807, 2.05) is 0 Å². The molecular formula is C49H36. The first kappa shape index (κ1) is 29.2. The van der Waals surface area contributed by atoms with Crippen molar-refractivity contribution in [1.29, 1.82) is 0 Å². The molecule has 1 aliphatic carbocycles. The fourth-order valence-corrected chi connectivity index (χ4v) is 8.05. The van der Waals surface area contributed by atoms with Crippen LogP contribution in [-0.4, -0.2) is 0 Å². The normalized spacial score (nSPS) is 11.6. The van der Waals surface area contributed by atoms with Crippen molar-refractivity contribution in [2.45, 2.75) is 20.3 Å². The summed E-state index contributed by atoms with van der Waals surface area (Å²) in [6, 6.07) is 62.6. The van der Waals surface area contributed by atoms with Crippen molar-refractivity contribution in [3.8, 4) is 55.6 Å². The third-order valence-electron chi connectivity index (χ3n) is 9.92. The molecule has 9 aromatic carbocycles. The van der Waals surface area contributed by atoms with E-state index in [1.54, 1.807) is 0 Å². The molecule has 0 saturated carbocycles. The Hall–Kier alpha value is -5.98. The first-order valence-electron chi connectivity index (χ1n) is 17.4. The van der Waals surface area contributed by atoms with Gasteiger partial charge in [0.25, 0.3) is 0 Å². The Morgan fingerprint density at radius 2 is 0.714 bits per heavy atom. The van der Waals surface area contributed by atoms with Crippen LogP contribution in [0.3, 0.4) is 0 Å². The summed E-state index contributed by atoms with van der Waals surface area (Å²) < 4.78 is 0. The van der Waals surface area contributed by atoms with Gasteiger partial charge in [-0.1, -0.05) is 172 Å². The Labute approximate surface area is 287 Å². The highest BCUT2D eigenvalue weighted by Gasteiger charge is 2.32. The zero-order chi connectivity index (χ0) is 32.9. The first-order valence-corrected chi connectivity index (χ1v) is 17.4. The lowest BCUT2D eigenvalue weighted by Crippen LogP contribution is -1.94. The van der Waals surface area contributed by atoms with Gasteiger partial charge in [0.05, 0.1) is 0 Å². The minimum absolute atomic E-state index is 1.23. The molecule has 1 aliphatic rings. The summed E-state index contributed by atoms with van der Waals surface area (Å²) in [4.78, 5) is 0.